The van der Waals surface area contributed by atoms with E-state index >= 15 is 0 Å². The highest BCUT2D eigenvalue weighted by atomic mass is 35.5. The second-order valence-corrected chi connectivity index (χ2v) is 8.35. The van der Waals surface area contributed by atoms with E-state index in [1.165, 1.54) is 4.31 Å². The number of nitrogens with zero attached hydrogens (tertiary/aromatic N) is 2. The van der Waals surface area contributed by atoms with Gasteiger partial charge in [-0.3, -0.25) is 4.79 Å². The summed E-state index contributed by atoms with van der Waals surface area (Å²) in [6.45, 7) is 4.08. The molecule has 0 aromatic carbocycles. The zero-order valence-electron chi connectivity index (χ0n) is 10.9. The summed E-state index contributed by atoms with van der Waals surface area (Å²) in [4.78, 5) is 13.4. The SMILES string of the molecule is Cc1cc(S(=O)(=O)N2CCN(C)C(=O)C2C)sc1Cl. The molecule has 0 saturated carbocycles. The third-order valence-corrected chi connectivity index (χ3v) is 7.19. The van der Waals surface area contributed by atoms with Crippen molar-refractivity contribution in [2.75, 3.05) is 20.1 Å². The fourth-order valence-electron chi connectivity index (χ4n) is 2.00. The number of amides is 1. The first kappa shape index (κ1) is 14.8. The highest BCUT2D eigenvalue weighted by Gasteiger charge is 2.38. The number of hydrogen-bond acceptors (Lipinski definition) is 4. The summed E-state index contributed by atoms with van der Waals surface area (Å²) < 4.78 is 26.9. The number of halogens is 1. The molecule has 0 N–H and O–H groups in total. The summed E-state index contributed by atoms with van der Waals surface area (Å²) in [5, 5.41) is 0. The normalized spacial score (nSPS) is 22.0. The minimum Gasteiger partial charge on any atom is -0.343 e. The van der Waals surface area contributed by atoms with Gasteiger partial charge >= 0.3 is 0 Å². The van der Waals surface area contributed by atoms with Gasteiger partial charge in [-0.1, -0.05) is 11.6 Å². The lowest BCUT2D eigenvalue weighted by Gasteiger charge is -2.35. The zero-order chi connectivity index (χ0) is 14.4. The van der Waals surface area contributed by atoms with Gasteiger partial charge in [-0.25, -0.2) is 8.42 Å². The van der Waals surface area contributed by atoms with E-state index in [1.807, 2.05) is 0 Å². The summed E-state index contributed by atoms with van der Waals surface area (Å²) >= 11 is 6.95. The number of sulfonamides is 1. The van der Waals surface area contributed by atoms with Gasteiger partial charge in [0.1, 0.15) is 10.3 Å². The second kappa shape index (κ2) is 5.05. The van der Waals surface area contributed by atoms with Gasteiger partial charge in [0.05, 0.1) is 4.34 Å². The first-order valence-corrected chi connectivity index (χ1v) is 8.41. The Balaban J connectivity index is 2.37. The van der Waals surface area contributed by atoms with Gasteiger partial charge in [-0.2, -0.15) is 4.31 Å². The Hall–Kier alpha value is -0.630. The van der Waals surface area contributed by atoms with E-state index in [-0.39, 0.29) is 10.1 Å². The number of hydrogen-bond donors (Lipinski definition) is 0. The van der Waals surface area contributed by atoms with E-state index in [0.717, 1.165) is 16.9 Å². The largest absolute Gasteiger partial charge is 0.343 e. The Labute approximate surface area is 121 Å². The van der Waals surface area contributed by atoms with Crippen molar-refractivity contribution in [3.63, 3.8) is 0 Å². The number of rotatable bonds is 2. The average Bonchev–Trinajstić information content (AvgIpc) is 2.67. The van der Waals surface area contributed by atoms with E-state index in [2.05, 4.69) is 0 Å². The second-order valence-electron chi connectivity index (χ2n) is 4.57. The van der Waals surface area contributed by atoms with Crippen molar-refractivity contribution in [1.82, 2.24) is 9.21 Å². The van der Waals surface area contributed by atoms with Crippen LogP contribution in [0.15, 0.2) is 10.3 Å². The molecule has 2 heterocycles. The maximum absolute atomic E-state index is 12.5. The molecular weight excluding hydrogens is 308 g/mol. The van der Waals surface area contributed by atoms with Gasteiger partial charge in [-0.05, 0) is 25.5 Å². The van der Waals surface area contributed by atoms with Crippen molar-refractivity contribution in [1.29, 1.82) is 0 Å². The number of aryl methyl sites for hydroxylation is 1. The molecule has 1 aliphatic heterocycles. The molecule has 1 fully saturated rings. The number of carbonyl (C=O) groups is 1. The molecule has 0 spiro atoms. The monoisotopic (exact) mass is 322 g/mol. The molecule has 1 aromatic heterocycles. The fraction of sp³-hybridized carbons (Fsp3) is 0.545. The molecule has 1 aliphatic rings. The standard InChI is InChI=1S/C11H15ClN2O3S2/c1-7-6-9(18-10(7)12)19(16,17)14-5-4-13(3)11(15)8(14)2/h6,8H,4-5H2,1-3H3. The molecule has 19 heavy (non-hydrogen) atoms. The third kappa shape index (κ3) is 2.52. The van der Waals surface area contributed by atoms with Crippen molar-refractivity contribution in [2.45, 2.75) is 24.1 Å². The fourth-order valence-corrected chi connectivity index (χ4v) is 5.41. The summed E-state index contributed by atoms with van der Waals surface area (Å²) in [6, 6.07) is 0.877. The highest BCUT2D eigenvalue weighted by Crippen LogP contribution is 2.33. The van der Waals surface area contributed by atoms with Crippen LogP contribution in [0.25, 0.3) is 0 Å². The van der Waals surface area contributed by atoms with Crippen molar-refractivity contribution < 1.29 is 13.2 Å². The van der Waals surface area contributed by atoms with Crippen molar-refractivity contribution >= 4 is 38.9 Å². The van der Waals surface area contributed by atoms with Crippen LogP contribution in [0.4, 0.5) is 0 Å². The van der Waals surface area contributed by atoms with Crippen LogP contribution in [0.5, 0.6) is 0 Å². The van der Waals surface area contributed by atoms with Gasteiger partial charge in [-0.15, -0.1) is 11.3 Å². The molecular formula is C11H15ClN2O3S2. The maximum Gasteiger partial charge on any atom is 0.253 e. The van der Waals surface area contributed by atoms with Crippen LogP contribution in [-0.4, -0.2) is 49.7 Å². The van der Waals surface area contributed by atoms with Gasteiger partial charge in [0.2, 0.25) is 5.91 Å². The molecule has 2 rings (SSSR count). The van der Waals surface area contributed by atoms with E-state index in [4.69, 9.17) is 11.6 Å². The van der Waals surface area contributed by atoms with Crippen LogP contribution >= 0.6 is 22.9 Å². The predicted molar refractivity (Wildman–Crippen MR) is 75.1 cm³/mol. The lowest BCUT2D eigenvalue weighted by Crippen LogP contribution is -2.56. The summed E-state index contributed by atoms with van der Waals surface area (Å²) in [5.74, 6) is -0.186. The Morgan fingerprint density at radius 3 is 2.58 bits per heavy atom. The van der Waals surface area contributed by atoms with E-state index < -0.39 is 16.1 Å². The minimum absolute atomic E-state index is 0.186. The van der Waals surface area contributed by atoms with Crippen LogP contribution < -0.4 is 0 Å². The molecule has 5 nitrogen and oxygen atoms in total. The number of piperazine rings is 1. The maximum atomic E-state index is 12.5. The predicted octanol–water partition coefficient (Wildman–Crippen LogP) is 1.56. The summed E-state index contributed by atoms with van der Waals surface area (Å²) in [6.07, 6.45) is 0. The van der Waals surface area contributed by atoms with Crippen molar-refractivity contribution in [2.24, 2.45) is 0 Å². The molecule has 1 saturated heterocycles. The van der Waals surface area contributed by atoms with E-state index in [9.17, 15) is 13.2 Å². The van der Waals surface area contributed by atoms with Crippen molar-refractivity contribution in [3.05, 3.63) is 16.0 Å². The first-order chi connectivity index (χ1) is 8.75. The lowest BCUT2D eigenvalue weighted by atomic mass is 10.2. The molecule has 1 amide bonds. The molecule has 1 atom stereocenters. The zero-order valence-corrected chi connectivity index (χ0v) is 13.3. The Bertz CT molecular complexity index is 592. The van der Waals surface area contributed by atoms with Crippen LogP contribution in [0.2, 0.25) is 4.34 Å². The summed E-state index contributed by atoms with van der Waals surface area (Å²) in [7, 11) is -1.97. The van der Waals surface area contributed by atoms with Gasteiger partial charge < -0.3 is 4.90 Å². The quantitative estimate of drug-likeness (QED) is 0.830. The van der Waals surface area contributed by atoms with Crippen LogP contribution in [0, 0.1) is 6.92 Å². The molecule has 0 aliphatic carbocycles. The van der Waals surface area contributed by atoms with Gasteiger partial charge in [0, 0.05) is 20.1 Å². The van der Waals surface area contributed by atoms with Crippen LogP contribution in [0.3, 0.4) is 0 Å². The number of thiophene rings is 1. The smallest absolute Gasteiger partial charge is 0.253 e. The highest BCUT2D eigenvalue weighted by molar-refractivity contribution is 7.91. The number of likely N-dealkylation sites (N-methyl/N-ethyl adjacent to an activating group) is 1. The molecule has 8 heteroatoms. The van der Waals surface area contributed by atoms with Crippen LogP contribution in [-0.2, 0) is 14.8 Å². The van der Waals surface area contributed by atoms with E-state index in [0.29, 0.717) is 17.4 Å². The van der Waals surface area contributed by atoms with Crippen molar-refractivity contribution in [3.8, 4) is 0 Å². The first-order valence-electron chi connectivity index (χ1n) is 5.78. The number of carbonyl (C=O) groups excluding carboxylic acids is 1. The lowest BCUT2D eigenvalue weighted by molar-refractivity contribution is -0.136. The molecule has 0 bridgehead atoms. The molecule has 0 radical (unpaired) electrons. The molecule has 106 valence electrons. The Kier molecular flexibility index (Phi) is 3.92. The topological polar surface area (TPSA) is 57.7 Å². The molecule has 1 aromatic rings. The molecule has 1 unspecified atom stereocenters. The summed E-state index contributed by atoms with van der Waals surface area (Å²) in [5.41, 5.74) is 0.735. The van der Waals surface area contributed by atoms with Crippen LogP contribution in [0.1, 0.15) is 12.5 Å². The minimum atomic E-state index is -3.65. The third-order valence-electron chi connectivity index (χ3n) is 3.22. The Morgan fingerprint density at radius 2 is 2.05 bits per heavy atom. The van der Waals surface area contributed by atoms with E-state index in [1.54, 1.807) is 31.9 Å². The average molecular weight is 323 g/mol. The van der Waals surface area contributed by atoms with Gasteiger partial charge in [0.15, 0.2) is 0 Å². The Morgan fingerprint density at radius 1 is 1.42 bits per heavy atom. The van der Waals surface area contributed by atoms with Gasteiger partial charge in [0.25, 0.3) is 10.0 Å².